The van der Waals surface area contributed by atoms with Crippen LogP contribution in [-0.4, -0.2) is 16.7 Å². The second kappa shape index (κ2) is 5.40. The zero-order valence-corrected chi connectivity index (χ0v) is 13.4. The molecule has 7 heteroatoms. The highest BCUT2D eigenvalue weighted by molar-refractivity contribution is 9.13. The fraction of sp³-hybridized carbons (Fsp3) is 0.455. The maximum atomic E-state index is 5.34. The summed E-state index contributed by atoms with van der Waals surface area (Å²) in [7, 11) is 0. The predicted octanol–water partition coefficient (Wildman–Crippen LogP) is 4.14. The van der Waals surface area contributed by atoms with E-state index in [-0.39, 0.29) is 6.04 Å². The highest BCUT2D eigenvalue weighted by Crippen LogP contribution is 2.37. The van der Waals surface area contributed by atoms with Crippen LogP contribution < -0.4 is 5.32 Å². The summed E-state index contributed by atoms with van der Waals surface area (Å²) in [6, 6.07) is 2.23. The minimum Gasteiger partial charge on any atom is -0.333 e. The van der Waals surface area contributed by atoms with Crippen LogP contribution in [0.5, 0.6) is 0 Å². The van der Waals surface area contributed by atoms with Gasteiger partial charge in [-0.1, -0.05) is 11.6 Å². The first kappa shape index (κ1) is 12.8. The second-order valence-corrected chi connectivity index (χ2v) is 7.42. The molecule has 1 unspecified atom stereocenters. The summed E-state index contributed by atoms with van der Waals surface area (Å²) < 4.78 is 7.39. The van der Waals surface area contributed by atoms with Gasteiger partial charge in [0.15, 0.2) is 5.82 Å². The Morgan fingerprint density at radius 1 is 1.39 bits per heavy atom. The zero-order valence-electron chi connectivity index (χ0n) is 9.45. The van der Waals surface area contributed by atoms with Gasteiger partial charge in [-0.25, -0.2) is 0 Å². The number of aromatic nitrogens is 2. The zero-order chi connectivity index (χ0) is 12.5. The Morgan fingerprint density at radius 2 is 2.28 bits per heavy atom. The molecule has 1 aliphatic heterocycles. The van der Waals surface area contributed by atoms with Crippen molar-refractivity contribution < 1.29 is 4.52 Å². The Kier molecular flexibility index (Phi) is 3.83. The first-order valence-corrected chi connectivity index (χ1v) is 8.16. The molecule has 4 nitrogen and oxygen atoms in total. The normalized spacial score (nSPS) is 20.2. The predicted molar refractivity (Wildman–Crippen MR) is 77.6 cm³/mol. The van der Waals surface area contributed by atoms with E-state index < -0.39 is 0 Å². The molecule has 0 radical (unpaired) electrons. The minimum absolute atomic E-state index is 0.239. The van der Waals surface area contributed by atoms with Crippen molar-refractivity contribution in [2.75, 3.05) is 6.54 Å². The van der Waals surface area contributed by atoms with Crippen LogP contribution in [0, 0.1) is 0 Å². The van der Waals surface area contributed by atoms with Crippen molar-refractivity contribution >= 4 is 43.2 Å². The third-order valence-corrected chi connectivity index (χ3v) is 6.16. The van der Waals surface area contributed by atoms with Gasteiger partial charge in [0.2, 0.25) is 0 Å². The van der Waals surface area contributed by atoms with Gasteiger partial charge in [0, 0.05) is 4.47 Å². The molecule has 3 rings (SSSR count). The summed E-state index contributed by atoms with van der Waals surface area (Å²) in [5.41, 5.74) is 0. The molecule has 18 heavy (non-hydrogen) atoms. The van der Waals surface area contributed by atoms with E-state index in [1.54, 1.807) is 11.3 Å². The van der Waals surface area contributed by atoms with E-state index in [1.165, 1.54) is 12.8 Å². The Hall–Kier alpha value is -0.240. The van der Waals surface area contributed by atoms with E-state index in [1.807, 2.05) is 6.07 Å². The van der Waals surface area contributed by atoms with Crippen LogP contribution in [0.3, 0.4) is 0 Å². The average molecular weight is 393 g/mol. The molecule has 3 heterocycles. The molecule has 0 bridgehead atoms. The third-order valence-electron chi connectivity index (χ3n) is 2.92. The van der Waals surface area contributed by atoms with Crippen LogP contribution in [0.25, 0.3) is 10.8 Å². The van der Waals surface area contributed by atoms with E-state index in [2.05, 4.69) is 47.3 Å². The van der Waals surface area contributed by atoms with E-state index in [4.69, 9.17) is 4.52 Å². The van der Waals surface area contributed by atoms with Gasteiger partial charge in [-0.2, -0.15) is 4.98 Å². The molecule has 1 saturated heterocycles. The van der Waals surface area contributed by atoms with Crippen molar-refractivity contribution in [1.29, 1.82) is 0 Å². The van der Waals surface area contributed by atoms with Crippen LogP contribution in [0.1, 0.15) is 31.1 Å². The topological polar surface area (TPSA) is 51.0 Å². The quantitative estimate of drug-likeness (QED) is 0.834. The Bertz CT molecular complexity index is 529. The summed E-state index contributed by atoms with van der Waals surface area (Å²) >= 11 is 8.50. The van der Waals surface area contributed by atoms with Crippen molar-refractivity contribution in [2.45, 2.75) is 25.3 Å². The highest BCUT2D eigenvalue weighted by Gasteiger charge is 2.21. The lowest BCUT2D eigenvalue weighted by Gasteiger charge is -2.19. The maximum Gasteiger partial charge on any atom is 0.268 e. The summed E-state index contributed by atoms with van der Waals surface area (Å²) in [6.45, 7) is 1.03. The standard InChI is InChI=1S/C11H11Br2N3OS/c12-6-5-8(18-9(6)13)11-15-10(16-17-11)7-3-1-2-4-14-7/h5,7,14H,1-4H2. The van der Waals surface area contributed by atoms with Crippen molar-refractivity contribution in [1.82, 2.24) is 15.5 Å². The van der Waals surface area contributed by atoms with E-state index in [0.717, 1.165) is 31.9 Å². The van der Waals surface area contributed by atoms with Crippen LogP contribution in [0.15, 0.2) is 18.8 Å². The van der Waals surface area contributed by atoms with Gasteiger partial charge in [-0.05, 0) is 57.3 Å². The summed E-state index contributed by atoms with van der Waals surface area (Å²) in [5.74, 6) is 1.36. The number of halogens is 2. The number of hydrogen-bond acceptors (Lipinski definition) is 5. The molecule has 2 aromatic heterocycles. The number of nitrogens with one attached hydrogen (secondary N) is 1. The maximum absolute atomic E-state index is 5.34. The lowest BCUT2D eigenvalue weighted by molar-refractivity contribution is 0.367. The molecule has 0 aromatic carbocycles. The van der Waals surface area contributed by atoms with Gasteiger partial charge < -0.3 is 9.84 Å². The first-order valence-electron chi connectivity index (χ1n) is 5.76. The van der Waals surface area contributed by atoms with Crippen molar-refractivity contribution in [2.24, 2.45) is 0 Å². The molecule has 96 valence electrons. The van der Waals surface area contributed by atoms with Crippen LogP contribution in [0.4, 0.5) is 0 Å². The average Bonchev–Trinajstić information content (AvgIpc) is 2.99. The van der Waals surface area contributed by atoms with Gasteiger partial charge in [0.05, 0.1) is 14.7 Å². The molecule has 0 amide bonds. The minimum atomic E-state index is 0.239. The van der Waals surface area contributed by atoms with Gasteiger partial charge in [-0.15, -0.1) is 11.3 Å². The molecule has 1 fully saturated rings. The van der Waals surface area contributed by atoms with Crippen molar-refractivity contribution in [3.63, 3.8) is 0 Å². The highest BCUT2D eigenvalue weighted by atomic mass is 79.9. The van der Waals surface area contributed by atoms with E-state index in [0.29, 0.717) is 5.89 Å². The molecular formula is C11H11Br2N3OS. The van der Waals surface area contributed by atoms with Gasteiger partial charge in [0.25, 0.3) is 5.89 Å². The fourth-order valence-electron chi connectivity index (χ4n) is 2.00. The first-order chi connectivity index (χ1) is 8.74. The SMILES string of the molecule is Brc1cc(-c2nc(C3CCCCN3)no2)sc1Br. The summed E-state index contributed by atoms with van der Waals surface area (Å²) in [5, 5.41) is 7.50. The van der Waals surface area contributed by atoms with E-state index >= 15 is 0 Å². The van der Waals surface area contributed by atoms with Crippen LogP contribution >= 0.6 is 43.2 Å². The van der Waals surface area contributed by atoms with Gasteiger partial charge >= 0.3 is 0 Å². The molecule has 1 atom stereocenters. The van der Waals surface area contributed by atoms with E-state index in [9.17, 15) is 0 Å². The molecular weight excluding hydrogens is 382 g/mol. The lowest BCUT2D eigenvalue weighted by Crippen LogP contribution is -2.27. The Labute approximate surface area is 125 Å². The molecule has 1 aliphatic rings. The molecule has 0 aliphatic carbocycles. The summed E-state index contributed by atoms with van der Waals surface area (Å²) in [4.78, 5) is 5.46. The van der Waals surface area contributed by atoms with Gasteiger partial charge in [0.1, 0.15) is 0 Å². The Balaban J connectivity index is 1.84. The summed E-state index contributed by atoms with van der Waals surface area (Å²) in [6.07, 6.45) is 3.53. The molecule has 0 saturated carbocycles. The van der Waals surface area contributed by atoms with Crippen LogP contribution in [0.2, 0.25) is 0 Å². The molecule has 1 N–H and O–H groups in total. The number of thiophene rings is 1. The number of hydrogen-bond donors (Lipinski definition) is 1. The number of nitrogens with zero attached hydrogens (tertiary/aromatic N) is 2. The Morgan fingerprint density at radius 3 is 2.94 bits per heavy atom. The van der Waals surface area contributed by atoms with Gasteiger partial charge in [-0.3, -0.25) is 0 Å². The monoisotopic (exact) mass is 391 g/mol. The van der Waals surface area contributed by atoms with Crippen molar-refractivity contribution in [3.8, 4) is 10.8 Å². The fourth-order valence-corrected chi connectivity index (χ4v) is 3.96. The van der Waals surface area contributed by atoms with Crippen molar-refractivity contribution in [3.05, 3.63) is 20.1 Å². The lowest BCUT2D eigenvalue weighted by atomic mass is 10.0. The molecule has 2 aromatic rings. The second-order valence-electron chi connectivity index (χ2n) is 4.19. The number of piperidine rings is 1. The number of rotatable bonds is 2. The van der Waals surface area contributed by atoms with Crippen LogP contribution in [-0.2, 0) is 0 Å². The smallest absolute Gasteiger partial charge is 0.268 e. The third kappa shape index (κ3) is 2.54. The molecule has 0 spiro atoms. The largest absolute Gasteiger partial charge is 0.333 e.